The number of para-hydroxylation sites is 1. The summed E-state index contributed by atoms with van der Waals surface area (Å²) in [5, 5.41) is 12.5. The summed E-state index contributed by atoms with van der Waals surface area (Å²) in [5.41, 5.74) is 1.19. The van der Waals surface area contributed by atoms with Crippen molar-refractivity contribution < 1.29 is 9.53 Å². The van der Waals surface area contributed by atoms with Gasteiger partial charge in [0.25, 0.3) is 5.56 Å². The van der Waals surface area contributed by atoms with Crippen LogP contribution >= 0.6 is 11.8 Å². The first-order valence-corrected chi connectivity index (χ1v) is 12.0. The Morgan fingerprint density at radius 1 is 1.15 bits per heavy atom. The second-order valence-electron chi connectivity index (χ2n) is 7.44. The highest BCUT2D eigenvalue weighted by molar-refractivity contribution is 7.98. The number of amides is 1. The number of aryl methyl sites for hydroxylation is 1. The van der Waals surface area contributed by atoms with Crippen LogP contribution in [0.2, 0.25) is 0 Å². The Balaban J connectivity index is 1.35. The van der Waals surface area contributed by atoms with Crippen molar-refractivity contribution in [1.82, 2.24) is 34.6 Å². The highest BCUT2D eigenvalue weighted by atomic mass is 32.2. The fourth-order valence-electron chi connectivity index (χ4n) is 3.47. The normalized spacial score (nSPS) is 11.2. The molecule has 12 heteroatoms. The van der Waals surface area contributed by atoms with Crippen molar-refractivity contribution in [2.45, 2.75) is 24.7 Å². The molecule has 0 radical (unpaired) electrons. The Morgan fingerprint density at radius 2 is 2.00 bits per heavy atom. The van der Waals surface area contributed by atoms with Crippen molar-refractivity contribution in [2.24, 2.45) is 0 Å². The molecule has 11 nitrogen and oxygen atoms in total. The summed E-state index contributed by atoms with van der Waals surface area (Å²) < 4.78 is 8.30. The van der Waals surface area contributed by atoms with Crippen molar-refractivity contribution in [3.8, 4) is 0 Å². The Kier molecular flexibility index (Phi) is 7.70. The third-order valence-electron chi connectivity index (χ3n) is 5.21. The average Bonchev–Trinajstić information content (AvgIpc) is 3.27. The van der Waals surface area contributed by atoms with E-state index in [0.717, 1.165) is 5.39 Å². The van der Waals surface area contributed by atoms with E-state index < -0.39 is 0 Å². The molecule has 0 saturated heterocycles. The van der Waals surface area contributed by atoms with Crippen molar-refractivity contribution in [3.05, 3.63) is 47.1 Å². The fraction of sp³-hybridized carbons (Fsp3) is 0.364. The molecule has 0 saturated carbocycles. The van der Waals surface area contributed by atoms with E-state index in [1.54, 1.807) is 36.2 Å². The van der Waals surface area contributed by atoms with Crippen molar-refractivity contribution in [1.29, 1.82) is 0 Å². The van der Waals surface area contributed by atoms with Crippen molar-refractivity contribution in [2.75, 3.05) is 38.4 Å². The molecule has 3 aromatic heterocycles. The molecule has 1 aromatic carbocycles. The molecule has 0 aliphatic rings. The molecular formula is C22H26N8O3S. The number of hydrogen-bond acceptors (Lipinski definition) is 9. The summed E-state index contributed by atoms with van der Waals surface area (Å²) in [6.45, 7) is 2.27. The van der Waals surface area contributed by atoms with Gasteiger partial charge in [-0.25, -0.2) is 19.6 Å². The lowest BCUT2D eigenvalue weighted by Crippen LogP contribution is -2.30. The van der Waals surface area contributed by atoms with Crippen LogP contribution in [0.1, 0.15) is 6.42 Å². The van der Waals surface area contributed by atoms with Crippen LogP contribution in [0.15, 0.2) is 46.7 Å². The smallest absolute Gasteiger partial charge is 0.261 e. The molecule has 178 valence electrons. The minimum atomic E-state index is -0.155. The molecule has 0 aliphatic heterocycles. The van der Waals surface area contributed by atoms with E-state index in [-0.39, 0.29) is 24.4 Å². The van der Waals surface area contributed by atoms with Gasteiger partial charge in [0.1, 0.15) is 5.82 Å². The van der Waals surface area contributed by atoms with Gasteiger partial charge in [0.05, 0.1) is 42.0 Å². The molecule has 4 aromatic rings. The third kappa shape index (κ3) is 5.34. The van der Waals surface area contributed by atoms with Crippen LogP contribution in [0.4, 0.5) is 5.82 Å². The lowest BCUT2D eigenvalue weighted by atomic mass is 10.2. The fourth-order valence-corrected chi connectivity index (χ4v) is 3.83. The predicted molar refractivity (Wildman–Crippen MR) is 131 cm³/mol. The van der Waals surface area contributed by atoms with Gasteiger partial charge in [0.15, 0.2) is 10.8 Å². The van der Waals surface area contributed by atoms with Crippen LogP contribution < -0.4 is 16.2 Å². The molecule has 2 N–H and O–H groups in total. The first-order valence-electron chi connectivity index (χ1n) is 10.8. The van der Waals surface area contributed by atoms with E-state index >= 15 is 0 Å². The van der Waals surface area contributed by atoms with Crippen LogP contribution in [-0.2, 0) is 22.6 Å². The monoisotopic (exact) mass is 482 g/mol. The third-order valence-corrected chi connectivity index (χ3v) is 5.76. The molecule has 0 unspecified atom stereocenters. The van der Waals surface area contributed by atoms with E-state index in [4.69, 9.17) is 4.74 Å². The largest absolute Gasteiger partial charge is 0.383 e. The number of aromatic nitrogens is 6. The summed E-state index contributed by atoms with van der Waals surface area (Å²) in [5.74, 6) is 0.550. The number of nitrogens with zero attached hydrogens (tertiary/aromatic N) is 6. The summed E-state index contributed by atoms with van der Waals surface area (Å²) in [6.07, 6.45) is 5.29. The molecule has 4 rings (SSSR count). The summed E-state index contributed by atoms with van der Waals surface area (Å²) >= 11 is 1.45. The first-order chi connectivity index (χ1) is 16.6. The van der Waals surface area contributed by atoms with Gasteiger partial charge < -0.3 is 15.4 Å². The maximum Gasteiger partial charge on any atom is 0.261 e. The highest BCUT2D eigenvalue weighted by Gasteiger charge is 2.13. The quantitative estimate of drug-likeness (QED) is 0.186. The summed E-state index contributed by atoms with van der Waals surface area (Å²) in [6, 6.07) is 7.16. The maximum absolute atomic E-state index is 12.6. The molecular weight excluding hydrogens is 456 g/mol. The number of hydrogen-bond donors (Lipinski definition) is 2. The molecule has 0 atom stereocenters. The van der Waals surface area contributed by atoms with Crippen LogP contribution in [0.5, 0.6) is 0 Å². The summed E-state index contributed by atoms with van der Waals surface area (Å²) in [7, 11) is 1.65. The van der Waals surface area contributed by atoms with Crippen LogP contribution in [0.3, 0.4) is 0 Å². The van der Waals surface area contributed by atoms with Crippen LogP contribution in [-0.4, -0.2) is 68.3 Å². The molecule has 0 fully saturated rings. The highest BCUT2D eigenvalue weighted by Crippen LogP contribution is 2.23. The number of nitrogens with one attached hydrogen (secondary N) is 2. The lowest BCUT2D eigenvalue weighted by molar-refractivity contribution is -0.121. The number of ether oxygens (including phenoxy) is 1. The van der Waals surface area contributed by atoms with Crippen LogP contribution in [0.25, 0.3) is 21.9 Å². The number of fused-ring (bicyclic) bond motifs is 2. The zero-order valence-corrected chi connectivity index (χ0v) is 19.8. The molecule has 34 heavy (non-hydrogen) atoms. The molecule has 0 aliphatic carbocycles. The van der Waals surface area contributed by atoms with Gasteiger partial charge in [-0.1, -0.05) is 23.9 Å². The lowest BCUT2D eigenvalue weighted by Gasteiger charge is -2.10. The second kappa shape index (κ2) is 11.1. The van der Waals surface area contributed by atoms with E-state index in [1.807, 2.05) is 12.3 Å². The number of rotatable bonds is 11. The minimum Gasteiger partial charge on any atom is -0.383 e. The number of benzene rings is 1. The number of anilines is 1. The van der Waals surface area contributed by atoms with Crippen molar-refractivity contribution >= 4 is 45.4 Å². The van der Waals surface area contributed by atoms with E-state index in [9.17, 15) is 9.59 Å². The van der Waals surface area contributed by atoms with Gasteiger partial charge in [0, 0.05) is 33.2 Å². The molecule has 3 heterocycles. The first kappa shape index (κ1) is 23.6. The van der Waals surface area contributed by atoms with Gasteiger partial charge in [-0.2, -0.15) is 5.10 Å². The zero-order valence-electron chi connectivity index (χ0n) is 19.0. The standard InChI is InChI=1S/C22H26N8O3S/c1-33-12-9-24-19-16-13-26-30(20(16)28-22(27-19)34-2)11-8-23-18(31)7-10-29-14-25-17-6-4-3-5-15(17)21(29)32/h3-6,13-14H,7-12H2,1-2H3,(H,23,31)(H,24,27,28). The van der Waals surface area contributed by atoms with Gasteiger partial charge in [-0.3, -0.25) is 14.2 Å². The van der Waals surface area contributed by atoms with Gasteiger partial charge in [-0.15, -0.1) is 0 Å². The second-order valence-corrected chi connectivity index (χ2v) is 8.22. The Bertz CT molecular complexity index is 1350. The van der Waals surface area contributed by atoms with Crippen LogP contribution in [0, 0.1) is 0 Å². The topological polar surface area (TPSA) is 129 Å². The molecule has 0 bridgehead atoms. The Hall–Kier alpha value is -3.51. The SMILES string of the molecule is COCCNc1nc(SC)nc2c1cnn2CCNC(=O)CCn1cnc2ccccc2c1=O. The van der Waals surface area contributed by atoms with E-state index in [0.29, 0.717) is 53.8 Å². The van der Waals surface area contributed by atoms with E-state index in [2.05, 4.69) is 30.7 Å². The maximum atomic E-state index is 12.6. The van der Waals surface area contributed by atoms with E-state index in [1.165, 1.54) is 22.7 Å². The number of thioether (sulfide) groups is 1. The Morgan fingerprint density at radius 3 is 2.82 bits per heavy atom. The number of methoxy groups -OCH3 is 1. The minimum absolute atomic E-state index is 0.152. The van der Waals surface area contributed by atoms with Gasteiger partial charge in [0.2, 0.25) is 5.91 Å². The molecule has 1 amide bonds. The Labute approximate surface area is 199 Å². The van der Waals surface area contributed by atoms with Gasteiger partial charge in [-0.05, 0) is 18.4 Å². The zero-order chi connectivity index (χ0) is 23.9. The predicted octanol–water partition coefficient (Wildman–Crippen LogP) is 1.52. The summed E-state index contributed by atoms with van der Waals surface area (Å²) in [4.78, 5) is 38.3. The van der Waals surface area contributed by atoms with Gasteiger partial charge >= 0.3 is 0 Å². The molecule has 0 spiro atoms. The average molecular weight is 483 g/mol. The number of carbonyl (C=O) groups is 1. The number of carbonyl (C=O) groups excluding carboxylic acids is 1. The van der Waals surface area contributed by atoms with Crippen molar-refractivity contribution in [3.63, 3.8) is 0 Å².